The minimum absolute atomic E-state index is 0.127. The Morgan fingerprint density at radius 3 is 2.83 bits per heavy atom. The molecule has 1 amide bonds. The van der Waals surface area contributed by atoms with Crippen LogP contribution in [0.1, 0.15) is 32.8 Å². The number of aromatic nitrogens is 1. The zero-order valence-corrected chi connectivity index (χ0v) is 11.7. The van der Waals surface area contributed by atoms with Crippen molar-refractivity contribution in [3.8, 4) is 0 Å². The van der Waals surface area contributed by atoms with Gasteiger partial charge in [0.25, 0.3) is 0 Å². The average Bonchev–Trinajstić information content (AvgIpc) is 2.80. The Labute approximate surface area is 110 Å². The van der Waals surface area contributed by atoms with Gasteiger partial charge in [-0.1, -0.05) is 13.8 Å². The molecule has 0 aliphatic carbocycles. The van der Waals surface area contributed by atoms with Crippen LogP contribution in [0.3, 0.4) is 0 Å². The Bertz CT molecular complexity index is 358. The van der Waals surface area contributed by atoms with Crippen molar-refractivity contribution in [2.75, 3.05) is 13.1 Å². The maximum Gasteiger partial charge on any atom is 0.221 e. The maximum absolute atomic E-state index is 11.5. The fourth-order valence-corrected chi connectivity index (χ4v) is 1.63. The number of hydrogen-bond acceptors (Lipinski definition) is 2. The van der Waals surface area contributed by atoms with Crippen molar-refractivity contribution in [2.24, 2.45) is 5.92 Å². The SMILES string of the molecule is CCn1ccc(CNCCC(=O)NCC(C)C)c1. The molecule has 1 aromatic heterocycles. The van der Waals surface area contributed by atoms with Crippen LogP contribution in [0.25, 0.3) is 0 Å². The van der Waals surface area contributed by atoms with Crippen LogP contribution in [0.5, 0.6) is 0 Å². The first kappa shape index (κ1) is 14.8. The van der Waals surface area contributed by atoms with Gasteiger partial charge in [0, 0.05) is 45.0 Å². The van der Waals surface area contributed by atoms with Crippen LogP contribution in [0.4, 0.5) is 0 Å². The molecule has 102 valence electrons. The van der Waals surface area contributed by atoms with E-state index in [1.54, 1.807) is 0 Å². The van der Waals surface area contributed by atoms with E-state index in [2.05, 4.69) is 54.4 Å². The van der Waals surface area contributed by atoms with Crippen molar-refractivity contribution in [1.82, 2.24) is 15.2 Å². The molecule has 0 bridgehead atoms. The van der Waals surface area contributed by atoms with Crippen molar-refractivity contribution < 1.29 is 4.79 Å². The number of carbonyl (C=O) groups is 1. The first-order chi connectivity index (χ1) is 8.61. The molecule has 2 N–H and O–H groups in total. The summed E-state index contributed by atoms with van der Waals surface area (Å²) in [5.74, 6) is 0.637. The Morgan fingerprint density at radius 2 is 2.22 bits per heavy atom. The Hall–Kier alpha value is -1.29. The highest BCUT2D eigenvalue weighted by Gasteiger charge is 2.02. The summed E-state index contributed by atoms with van der Waals surface area (Å²) in [6, 6.07) is 2.11. The molecular formula is C14H25N3O. The zero-order valence-electron chi connectivity index (χ0n) is 11.7. The molecule has 0 atom stereocenters. The predicted molar refractivity (Wildman–Crippen MR) is 74.3 cm³/mol. The van der Waals surface area contributed by atoms with Crippen LogP contribution in [0.15, 0.2) is 18.5 Å². The number of nitrogens with zero attached hydrogens (tertiary/aromatic N) is 1. The summed E-state index contributed by atoms with van der Waals surface area (Å²) in [6.45, 7) is 9.62. The fraction of sp³-hybridized carbons (Fsp3) is 0.643. The molecule has 4 nitrogen and oxygen atoms in total. The molecular weight excluding hydrogens is 226 g/mol. The summed E-state index contributed by atoms with van der Waals surface area (Å²) in [5.41, 5.74) is 1.26. The second-order valence-corrected chi connectivity index (χ2v) is 4.97. The summed E-state index contributed by atoms with van der Waals surface area (Å²) in [4.78, 5) is 11.5. The van der Waals surface area contributed by atoms with Crippen LogP contribution in [-0.2, 0) is 17.9 Å². The second kappa shape index (κ2) is 7.93. The minimum Gasteiger partial charge on any atom is -0.356 e. The van der Waals surface area contributed by atoms with E-state index in [0.717, 1.165) is 26.2 Å². The third kappa shape index (κ3) is 5.87. The molecule has 0 aliphatic rings. The van der Waals surface area contributed by atoms with E-state index in [1.165, 1.54) is 5.56 Å². The molecule has 0 saturated carbocycles. The summed E-state index contributed by atoms with van der Waals surface area (Å²) in [6.07, 6.45) is 4.75. The van der Waals surface area contributed by atoms with Gasteiger partial charge in [-0.25, -0.2) is 0 Å². The number of rotatable bonds is 8. The van der Waals surface area contributed by atoms with Crippen LogP contribution in [0.2, 0.25) is 0 Å². The highest BCUT2D eigenvalue weighted by Crippen LogP contribution is 2.00. The third-order valence-corrected chi connectivity index (χ3v) is 2.74. The van der Waals surface area contributed by atoms with Crippen LogP contribution < -0.4 is 10.6 Å². The van der Waals surface area contributed by atoms with Gasteiger partial charge in [0.05, 0.1) is 0 Å². The first-order valence-corrected chi connectivity index (χ1v) is 6.74. The lowest BCUT2D eigenvalue weighted by atomic mass is 10.2. The van der Waals surface area contributed by atoms with Gasteiger partial charge < -0.3 is 15.2 Å². The van der Waals surface area contributed by atoms with Crippen molar-refractivity contribution >= 4 is 5.91 Å². The average molecular weight is 251 g/mol. The summed E-state index contributed by atoms with van der Waals surface area (Å²) < 4.78 is 2.15. The smallest absolute Gasteiger partial charge is 0.221 e. The quantitative estimate of drug-likeness (QED) is 0.692. The molecule has 0 saturated heterocycles. The monoisotopic (exact) mass is 251 g/mol. The zero-order chi connectivity index (χ0) is 13.4. The number of carbonyl (C=O) groups excluding carboxylic acids is 1. The molecule has 0 aromatic carbocycles. The summed E-state index contributed by atoms with van der Waals surface area (Å²) >= 11 is 0. The largest absolute Gasteiger partial charge is 0.356 e. The van der Waals surface area contributed by atoms with Crippen LogP contribution in [0, 0.1) is 5.92 Å². The van der Waals surface area contributed by atoms with E-state index >= 15 is 0 Å². The van der Waals surface area contributed by atoms with Gasteiger partial charge in [0.1, 0.15) is 0 Å². The molecule has 0 aliphatic heterocycles. The number of aryl methyl sites for hydroxylation is 1. The van der Waals surface area contributed by atoms with Gasteiger partial charge in [-0.3, -0.25) is 4.79 Å². The Morgan fingerprint density at radius 1 is 1.44 bits per heavy atom. The number of hydrogen-bond donors (Lipinski definition) is 2. The maximum atomic E-state index is 11.5. The molecule has 1 aromatic rings. The molecule has 18 heavy (non-hydrogen) atoms. The highest BCUT2D eigenvalue weighted by atomic mass is 16.1. The molecule has 0 spiro atoms. The molecule has 1 heterocycles. The lowest BCUT2D eigenvalue weighted by molar-refractivity contribution is -0.121. The van der Waals surface area contributed by atoms with E-state index in [-0.39, 0.29) is 5.91 Å². The highest BCUT2D eigenvalue weighted by molar-refractivity contribution is 5.76. The van der Waals surface area contributed by atoms with Gasteiger partial charge >= 0.3 is 0 Å². The van der Waals surface area contributed by atoms with Gasteiger partial charge in [0.2, 0.25) is 5.91 Å². The van der Waals surface area contributed by atoms with Gasteiger partial charge in [0.15, 0.2) is 0 Å². The van der Waals surface area contributed by atoms with Crippen LogP contribution in [-0.4, -0.2) is 23.6 Å². The Kier molecular flexibility index (Phi) is 6.50. The van der Waals surface area contributed by atoms with E-state index in [0.29, 0.717) is 12.3 Å². The normalized spacial score (nSPS) is 10.9. The second-order valence-electron chi connectivity index (χ2n) is 4.97. The molecule has 4 heteroatoms. The summed E-state index contributed by atoms with van der Waals surface area (Å²) in [5, 5.41) is 6.19. The standard InChI is InChI=1S/C14H25N3O/c1-4-17-8-6-13(11-17)10-15-7-5-14(18)16-9-12(2)3/h6,8,11-12,15H,4-5,7,9-10H2,1-3H3,(H,16,18). The summed E-state index contributed by atoms with van der Waals surface area (Å²) in [7, 11) is 0. The van der Waals surface area contributed by atoms with E-state index in [4.69, 9.17) is 0 Å². The van der Waals surface area contributed by atoms with E-state index in [1.807, 2.05) is 0 Å². The molecule has 1 rings (SSSR count). The van der Waals surface area contributed by atoms with Crippen molar-refractivity contribution in [3.05, 3.63) is 24.0 Å². The van der Waals surface area contributed by atoms with E-state index in [9.17, 15) is 4.79 Å². The minimum atomic E-state index is 0.127. The topological polar surface area (TPSA) is 46.1 Å². The molecule has 0 fully saturated rings. The van der Waals surface area contributed by atoms with E-state index < -0.39 is 0 Å². The lowest BCUT2D eigenvalue weighted by Gasteiger charge is -2.07. The number of nitrogens with one attached hydrogen (secondary N) is 2. The Balaban J connectivity index is 2.09. The predicted octanol–water partition coefficient (Wildman–Crippen LogP) is 1.76. The molecule has 0 radical (unpaired) electrons. The number of amides is 1. The third-order valence-electron chi connectivity index (χ3n) is 2.74. The lowest BCUT2D eigenvalue weighted by Crippen LogP contribution is -2.30. The molecule has 0 unspecified atom stereocenters. The van der Waals surface area contributed by atoms with Gasteiger partial charge in [-0.05, 0) is 24.5 Å². The van der Waals surface area contributed by atoms with Crippen molar-refractivity contribution in [2.45, 2.75) is 40.3 Å². The fourth-order valence-electron chi connectivity index (χ4n) is 1.63. The van der Waals surface area contributed by atoms with Crippen molar-refractivity contribution in [1.29, 1.82) is 0 Å². The van der Waals surface area contributed by atoms with Crippen molar-refractivity contribution in [3.63, 3.8) is 0 Å². The first-order valence-electron chi connectivity index (χ1n) is 6.74. The van der Waals surface area contributed by atoms with Gasteiger partial charge in [-0.2, -0.15) is 0 Å². The van der Waals surface area contributed by atoms with Crippen LogP contribution >= 0.6 is 0 Å². The van der Waals surface area contributed by atoms with Gasteiger partial charge in [-0.15, -0.1) is 0 Å².